The second kappa shape index (κ2) is 8.30. The summed E-state index contributed by atoms with van der Waals surface area (Å²) in [7, 11) is 0. The van der Waals surface area contributed by atoms with Crippen LogP contribution in [0.25, 0.3) is 21.9 Å². The van der Waals surface area contributed by atoms with E-state index >= 15 is 0 Å². The quantitative estimate of drug-likeness (QED) is 0.285. The first-order valence-corrected chi connectivity index (χ1v) is 9.50. The molecule has 0 fully saturated rings. The first-order valence-electron chi connectivity index (χ1n) is 9.50. The number of carbonyl (C=O) groups is 1. The smallest absolute Gasteiger partial charge is 0.411 e. The van der Waals surface area contributed by atoms with Gasteiger partial charge in [-0.15, -0.1) is 0 Å². The van der Waals surface area contributed by atoms with E-state index in [0.717, 1.165) is 0 Å². The van der Waals surface area contributed by atoms with Crippen LogP contribution in [0.4, 0.5) is 16.2 Å². The van der Waals surface area contributed by atoms with Gasteiger partial charge in [0.05, 0.1) is 35.3 Å². The van der Waals surface area contributed by atoms with Gasteiger partial charge in [-0.05, 0) is 30.7 Å². The van der Waals surface area contributed by atoms with E-state index in [-0.39, 0.29) is 29.8 Å². The molecular weight excluding hydrogens is 420 g/mol. The molecule has 0 atom stereocenters. The summed E-state index contributed by atoms with van der Waals surface area (Å²) in [6.45, 7) is 1.86. The Hall–Kier alpha value is -4.54. The lowest BCUT2D eigenvalue weighted by Crippen LogP contribution is -2.22. The van der Waals surface area contributed by atoms with Gasteiger partial charge in [-0.1, -0.05) is 0 Å². The van der Waals surface area contributed by atoms with E-state index in [2.05, 4.69) is 10.3 Å². The fraction of sp³-hybridized carbons (Fsp3) is 0.143. The first kappa shape index (κ1) is 20.7. The third kappa shape index (κ3) is 4.03. The monoisotopic (exact) mass is 436 g/mol. The van der Waals surface area contributed by atoms with Crippen molar-refractivity contribution in [1.29, 1.82) is 0 Å². The van der Waals surface area contributed by atoms with Gasteiger partial charge in [-0.25, -0.2) is 14.6 Å². The number of fused-ring (bicyclic) bond motifs is 2. The molecule has 0 bridgehead atoms. The van der Waals surface area contributed by atoms with E-state index in [4.69, 9.17) is 9.15 Å². The van der Waals surface area contributed by atoms with Gasteiger partial charge in [0.15, 0.2) is 0 Å². The second-order valence-corrected chi connectivity index (χ2v) is 6.78. The lowest BCUT2D eigenvalue weighted by atomic mass is 10.1. The molecule has 32 heavy (non-hydrogen) atoms. The van der Waals surface area contributed by atoms with Crippen molar-refractivity contribution in [2.75, 3.05) is 11.9 Å². The topological polar surface area (TPSA) is 147 Å². The van der Waals surface area contributed by atoms with Crippen LogP contribution in [0.2, 0.25) is 0 Å². The lowest BCUT2D eigenvalue weighted by Gasteiger charge is -2.10. The Bertz CT molecular complexity index is 1490. The molecule has 0 aliphatic rings. The Morgan fingerprint density at radius 3 is 2.75 bits per heavy atom. The zero-order valence-corrected chi connectivity index (χ0v) is 16.7. The van der Waals surface area contributed by atoms with Crippen LogP contribution in [0.1, 0.15) is 12.5 Å². The number of nitrogens with zero attached hydrogens (tertiary/aromatic N) is 3. The maximum absolute atomic E-state index is 12.9. The molecule has 0 spiro atoms. The second-order valence-electron chi connectivity index (χ2n) is 6.78. The number of benzene rings is 2. The molecule has 0 aliphatic carbocycles. The highest BCUT2D eigenvalue weighted by Gasteiger charge is 2.13. The number of rotatable bonds is 5. The van der Waals surface area contributed by atoms with E-state index in [9.17, 15) is 24.5 Å². The Morgan fingerprint density at radius 1 is 1.19 bits per heavy atom. The predicted octanol–water partition coefficient (Wildman–Crippen LogP) is 3.03. The fourth-order valence-electron chi connectivity index (χ4n) is 3.28. The SMILES string of the molecule is CCOC(=O)Nc1ccc2c(Cn3cnc4ccc([N+](=O)[O-])cc4c3=O)cc(=O)oc2c1. The Balaban J connectivity index is 1.75. The Kier molecular flexibility index (Phi) is 5.37. The third-order valence-electron chi connectivity index (χ3n) is 4.71. The number of nitro groups is 1. The fourth-order valence-corrected chi connectivity index (χ4v) is 3.28. The molecule has 4 aromatic rings. The zero-order chi connectivity index (χ0) is 22.8. The molecule has 2 aromatic heterocycles. The number of hydrogen-bond donors (Lipinski definition) is 1. The molecule has 1 N–H and O–H groups in total. The summed E-state index contributed by atoms with van der Waals surface area (Å²) in [4.78, 5) is 51.3. The summed E-state index contributed by atoms with van der Waals surface area (Å²) in [6.07, 6.45) is 0.668. The summed E-state index contributed by atoms with van der Waals surface area (Å²) in [5, 5.41) is 14.2. The molecule has 1 amide bonds. The van der Waals surface area contributed by atoms with Crippen molar-refractivity contribution < 1.29 is 18.9 Å². The van der Waals surface area contributed by atoms with Crippen LogP contribution in [-0.2, 0) is 11.3 Å². The van der Waals surface area contributed by atoms with Crippen molar-refractivity contribution in [2.45, 2.75) is 13.5 Å². The van der Waals surface area contributed by atoms with Crippen LogP contribution in [0.5, 0.6) is 0 Å². The van der Waals surface area contributed by atoms with Crippen LogP contribution >= 0.6 is 0 Å². The molecule has 0 unspecified atom stereocenters. The molecule has 4 rings (SSSR count). The van der Waals surface area contributed by atoms with E-state index in [1.165, 1.54) is 41.2 Å². The maximum atomic E-state index is 12.9. The molecule has 2 aromatic carbocycles. The summed E-state index contributed by atoms with van der Waals surface area (Å²) < 4.78 is 11.3. The van der Waals surface area contributed by atoms with Crippen LogP contribution < -0.4 is 16.5 Å². The summed E-state index contributed by atoms with van der Waals surface area (Å²) in [5.41, 5.74) is 0.0319. The van der Waals surface area contributed by atoms with Gasteiger partial charge in [0, 0.05) is 35.3 Å². The molecule has 2 heterocycles. The number of amides is 1. The average Bonchev–Trinajstić information content (AvgIpc) is 2.75. The van der Waals surface area contributed by atoms with Crippen LogP contribution in [0.3, 0.4) is 0 Å². The average molecular weight is 436 g/mol. The number of anilines is 1. The number of hydrogen-bond acceptors (Lipinski definition) is 8. The molecule has 11 heteroatoms. The minimum Gasteiger partial charge on any atom is -0.450 e. The number of ether oxygens (including phenoxy) is 1. The van der Waals surface area contributed by atoms with Gasteiger partial charge in [0.1, 0.15) is 5.58 Å². The zero-order valence-electron chi connectivity index (χ0n) is 16.7. The van der Waals surface area contributed by atoms with E-state index in [1.807, 2.05) is 0 Å². The van der Waals surface area contributed by atoms with Gasteiger partial charge < -0.3 is 9.15 Å². The number of non-ortho nitro benzene ring substituents is 1. The van der Waals surface area contributed by atoms with Crippen molar-refractivity contribution in [1.82, 2.24) is 9.55 Å². The number of aromatic nitrogens is 2. The highest BCUT2D eigenvalue weighted by Crippen LogP contribution is 2.22. The van der Waals surface area contributed by atoms with Gasteiger partial charge in [-0.3, -0.25) is 24.8 Å². The first-order chi connectivity index (χ1) is 15.4. The number of carbonyl (C=O) groups excluding carboxylic acids is 1. The minimum absolute atomic E-state index is 0.0166. The number of nitrogens with one attached hydrogen (secondary N) is 1. The normalized spacial score (nSPS) is 10.9. The van der Waals surface area contributed by atoms with E-state index in [1.54, 1.807) is 19.1 Å². The van der Waals surface area contributed by atoms with Gasteiger partial charge >= 0.3 is 11.7 Å². The lowest BCUT2D eigenvalue weighted by molar-refractivity contribution is -0.384. The molecule has 162 valence electrons. The third-order valence-corrected chi connectivity index (χ3v) is 4.71. The van der Waals surface area contributed by atoms with Crippen molar-refractivity contribution in [2.24, 2.45) is 0 Å². The van der Waals surface area contributed by atoms with Gasteiger partial charge in [-0.2, -0.15) is 0 Å². The summed E-state index contributed by atoms with van der Waals surface area (Å²) in [5.74, 6) is 0. The maximum Gasteiger partial charge on any atom is 0.411 e. The highest BCUT2D eigenvalue weighted by atomic mass is 16.6. The van der Waals surface area contributed by atoms with Crippen LogP contribution in [0, 0.1) is 10.1 Å². The standard InChI is InChI=1S/C21H16N4O7/c1-2-31-21(28)23-13-3-5-15-12(7-19(26)32-18(15)8-13)10-24-11-22-17-6-4-14(25(29)30)9-16(17)20(24)27/h3-9,11H,2,10H2,1H3,(H,23,28). The van der Waals surface area contributed by atoms with Gasteiger partial charge in [0.2, 0.25) is 0 Å². The highest BCUT2D eigenvalue weighted by molar-refractivity contribution is 5.90. The Labute approximate surface area is 179 Å². The summed E-state index contributed by atoms with van der Waals surface area (Å²) >= 11 is 0. The molecule has 0 saturated carbocycles. The largest absolute Gasteiger partial charge is 0.450 e. The predicted molar refractivity (Wildman–Crippen MR) is 115 cm³/mol. The minimum atomic E-state index is -0.645. The van der Waals surface area contributed by atoms with Gasteiger partial charge in [0.25, 0.3) is 11.2 Å². The van der Waals surface area contributed by atoms with Crippen molar-refractivity contribution >= 4 is 39.3 Å². The number of nitro benzene ring substituents is 1. The van der Waals surface area contributed by atoms with E-state index < -0.39 is 22.2 Å². The molecule has 0 aliphatic heterocycles. The Morgan fingerprint density at radius 2 is 2.00 bits per heavy atom. The molecule has 0 radical (unpaired) electrons. The summed E-state index contributed by atoms with van der Waals surface area (Å²) in [6, 6.07) is 9.83. The van der Waals surface area contributed by atoms with Crippen LogP contribution in [-0.4, -0.2) is 27.2 Å². The molecular formula is C21H16N4O7. The van der Waals surface area contributed by atoms with Crippen LogP contribution in [0.15, 0.2) is 62.8 Å². The van der Waals surface area contributed by atoms with Crippen molar-refractivity contribution in [3.05, 3.63) is 85.2 Å². The molecule has 11 nitrogen and oxygen atoms in total. The molecule has 0 saturated heterocycles. The van der Waals surface area contributed by atoms with Crippen molar-refractivity contribution in [3.63, 3.8) is 0 Å². The van der Waals surface area contributed by atoms with Crippen molar-refractivity contribution in [3.8, 4) is 0 Å². The van der Waals surface area contributed by atoms with E-state index in [0.29, 0.717) is 22.2 Å².